The van der Waals surface area contributed by atoms with Gasteiger partial charge < -0.3 is 24.8 Å². The molecule has 1 fully saturated rings. The van der Waals surface area contributed by atoms with E-state index in [-0.39, 0.29) is 13.2 Å². The highest BCUT2D eigenvalue weighted by Crippen LogP contribution is 2.18. The molecule has 1 heterocycles. The third-order valence-electron chi connectivity index (χ3n) is 5.25. The van der Waals surface area contributed by atoms with Crippen LogP contribution in [0.15, 0.2) is 12.3 Å². The van der Waals surface area contributed by atoms with E-state index >= 15 is 0 Å². The first-order chi connectivity index (χ1) is 13.2. The highest BCUT2D eigenvalue weighted by molar-refractivity contribution is 4.88. The van der Waals surface area contributed by atoms with Gasteiger partial charge in [-0.1, -0.05) is 77.6 Å². The first kappa shape index (κ1) is 24.4. The van der Waals surface area contributed by atoms with Crippen LogP contribution in [0.25, 0.3) is 0 Å². The fraction of sp³-hybridized carbons (Fsp3) is 0.909. The second kappa shape index (κ2) is 16.3. The van der Waals surface area contributed by atoms with Crippen LogP contribution in [0.3, 0.4) is 0 Å². The minimum Gasteiger partial charge on any atom is -0.499 e. The zero-order valence-corrected chi connectivity index (χ0v) is 17.2. The average Bonchev–Trinajstić information content (AvgIpc) is 3.00. The summed E-state index contributed by atoms with van der Waals surface area (Å²) in [5, 5.41) is 28.9. The quantitative estimate of drug-likeness (QED) is 0.259. The lowest BCUT2D eigenvalue weighted by atomic mass is 10.0. The van der Waals surface area contributed by atoms with Crippen LogP contribution in [0.4, 0.5) is 0 Å². The molecule has 1 rings (SSSR count). The predicted octanol–water partition coefficient (Wildman–Crippen LogP) is 4.09. The first-order valence-electron chi connectivity index (χ1n) is 11.1. The van der Waals surface area contributed by atoms with Crippen molar-refractivity contribution in [3.05, 3.63) is 12.3 Å². The normalized spacial score (nSPS) is 23.9. The molecule has 0 unspecified atom stereocenters. The number of allylic oxidation sites excluding steroid dienone is 1. The molecule has 1 aliphatic heterocycles. The molecule has 27 heavy (non-hydrogen) atoms. The molecule has 0 aliphatic carbocycles. The van der Waals surface area contributed by atoms with Crippen LogP contribution in [0.2, 0.25) is 0 Å². The van der Waals surface area contributed by atoms with E-state index < -0.39 is 24.4 Å². The summed E-state index contributed by atoms with van der Waals surface area (Å²) in [4.78, 5) is 0. The van der Waals surface area contributed by atoms with E-state index in [0.717, 1.165) is 12.8 Å². The highest BCUT2D eigenvalue weighted by Gasteiger charge is 2.39. The maximum atomic E-state index is 9.90. The van der Waals surface area contributed by atoms with Crippen LogP contribution in [-0.2, 0) is 9.47 Å². The number of aliphatic hydroxyl groups is 3. The van der Waals surface area contributed by atoms with Gasteiger partial charge in [0.25, 0.3) is 0 Å². The van der Waals surface area contributed by atoms with E-state index in [2.05, 4.69) is 6.92 Å². The van der Waals surface area contributed by atoms with Crippen LogP contribution >= 0.6 is 0 Å². The standard InChI is InChI=1S/C22H42O5/c1-2-3-4-5-6-7-8-9-10-11-12-13-14-15-16-26-17-20(24)22-21(25)19(23)18-27-22/h15-16,19-25H,2-14,17-18H2,1H3/b16-15+/t19-,20+,21-,22-/m1/s1. The van der Waals surface area contributed by atoms with Crippen molar-refractivity contribution in [1.29, 1.82) is 0 Å². The summed E-state index contributed by atoms with van der Waals surface area (Å²) in [5.41, 5.74) is 0. The molecule has 4 atom stereocenters. The lowest BCUT2D eigenvalue weighted by Gasteiger charge is -2.20. The Morgan fingerprint density at radius 3 is 2.00 bits per heavy atom. The van der Waals surface area contributed by atoms with Crippen LogP contribution in [0, 0.1) is 0 Å². The van der Waals surface area contributed by atoms with E-state index in [1.54, 1.807) is 6.26 Å². The Morgan fingerprint density at radius 1 is 0.926 bits per heavy atom. The zero-order valence-electron chi connectivity index (χ0n) is 17.2. The van der Waals surface area contributed by atoms with Gasteiger partial charge in [-0.2, -0.15) is 0 Å². The van der Waals surface area contributed by atoms with Gasteiger partial charge in [-0.05, 0) is 18.9 Å². The molecule has 5 nitrogen and oxygen atoms in total. The SMILES string of the molecule is CCCCCCCCCCCCCC/C=C/OC[C@H](O)[C@H]1OC[C@@H](O)[C@H]1O. The van der Waals surface area contributed by atoms with Crippen molar-refractivity contribution in [2.45, 2.75) is 115 Å². The Bertz CT molecular complexity index is 361. The second-order valence-corrected chi connectivity index (χ2v) is 7.81. The molecule has 0 aromatic heterocycles. The number of unbranched alkanes of at least 4 members (excludes halogenated alkanes) is 12. The van der Waals surface area contributed by atoms with E-state index in [9.17, 15) is 15.3 Å². The van der Waals surface area contributed by atoms with Crippen molar-refractivity contribution in [2.24, 2.45) is 0 Å². The summed E-state index contributed by atoms with van der Waals surface area (Å²) in [6.45, 7) is 2.37. The molecule has 1 saturated heterocycles. The van der Waals surface area contributed by atoms with Crippen molar-refractivity contribution < 1.29 is 24.8 Å². The van der Waals surface area contributed by atoms with Crippen LogP contribution < -0.4 is 0 Å². The third-order valence-corrected chi connectivity index (χ3v) is 5.25. The van der Waals surface area contributed by atoms with Crippen molar-refractivity contribution in [1.82, 2.24) is 0 Å². The topological polar surface area (TPSA) is 79.2 Å². The minimum atomic E-state index is -1.05. The smallest absolute Gasteiger partial charge is 0.117 e. The van der Waals surface area contributed by atoms with Crippen LogP contribution in [-0.4, -0.2) is 52.9 Å². The Morgan fingerprint density at radius 2 is 1.48 bits per heavy atom. The van der Waals surface area contributed by atoms with Gasteiger partial charge in [-0.25, -0.2) is 0 Å². The van der Waals surface area contributed by atoms with Crippen molar-refractivity contribution >= 4 is 0 Å². The van der Waals surface area contributed by atoms with E-state index in [4.69, 9.17) is 9.47 Å². The van der Waals surface area contributed by atoms with Crippen LogP contribution in [0.5, 0.6) is 0 Å². The fourth-order valence-corrected chi connectivity index (χ4v) is 3.45. The molecule has 0 spiro atoms. The van der Waals surface area contributed by atoms with Gasteiger partial charge in [0, 0.05) is 0 Å². The molecule has 0 bridgehead atoms. The van der Waals surface area contributed by atoms with Crippen molar-refractivity contribution in [2.75, 3.05) is 13.2 Å². The molecular formula is C22H42O5. The Balaban J connectivity index is 1.83. The largest absolute Gasteiger partial charge is 0.499 e. The zero-order chi connectivity index (χ0) is 19.7. The first-order valence-corrected chi connectivity index (χ1v) is 11.1. The number of hydrogen-bond acceptors (Lipinski definition) is 5. The van der Waals surface area contributed by atoms with Gasteiger partial charge in [-0.15, -0.1) is 0 Å². The number of ether oxygens (including phenoxy) is 2. The number of aliphatic hydroxyl groups excluding tert-OH is 3. The average molecular weight is 387 g/mol. The number of hydrogen-bond donors (Lipinski definition) is 3. The Kier molecular flexibility index (Phi) is 14.8. The third kappa shape index (κ3) is 11.7. The molecule has 1 aliphatic rings. The fourth-order valence-electron chi connectivity index (χ4n) is 3.45. The summed E-state index contributed by atoms with van der Waals surface area (Å²) in [5.74, 6) is 0. The molecule has 0 saturated carbocycles. The summed E-state index contributed by atoms with van der Waals surface area (Å²) < 4.78 is 10.5. The molecule has 0 aromatic rings. The van der Waals surface area contributed by atoms with Crippen LogP contribution in [0.1, 0.15) is 90.4 Å². The van der Waals surface area contributed by atoms with Gasteiger partial charge in [0.15, 0.2) is 0 Å². The van der Waals surface area contributed by atoms with E-state index in [0.29, 0.717) is 0 Å². The van der Waals surface area contributed by atoms with Crippen molar-refractivity contribution in [3.8, 4) is 0 Å². The molecule has 0 amide bonds. The van der Waals surface area contributed by atoms with E-state index in [1.165, 1.54) is 70.6 Å². The molecule has 160 valence electrons. The predicted molar refractivity (Wildman–Crippen MR) is 109 cm³/mol. The number of rotatable bonds is 17. The highest BCUT2D eigenvalue weighted by atomic mass is 16.5. The summed E-state index contributed by atoms with van der Waals surface area (Å²) in [6.07, 6.45) is 17.1. The lowest BCUT2D eigenvalue weighted by Crippen LogP contribution is -2.40. The Hall–Kier alpha value is -0.620. The summed E-state index contributed by atoms with van der Waals surface area (Å²) in [6, 6.07) is 0. The molecular weight excluding hydrogens is 344 g/mol. The second-order valence-electron chi connectivity index (χ2n) is 7.81. The van der Waals surface area contributed by atoms with E-state index in [1.807, 2.05) is 6.08 Å². The monoisotopic (exact) mass is 386 g/mol. The maximum absolute atomic E-state index is 9.90. The van der Waals surface area contributed by atoms with Crippen molar-refractivity contribution in [3.63, 3.8) is 0 Å². The van der Waals surface area contributed by atoms with Gasteiger partial charge in [0.1, 0.15) is 31.0 Å². The van der Waals surface area contributed by atoms with Gasteiger partial charge in [0.2, 0.25) is 0 Å². The maximum Gasteiger partial charge on any atom is 0.117 e. The molecule has 3 N–H and O–H groups in total. The molecule has 0 aromatic carbocycles. The summed E-state index contributed by atoms with van der Waals surface area (Å²) >= 11 is 0. The summed E-state index contributed by atoms with van der Waals surface area (Å²) in [7, 11) is 0. The van der Waals surface area contributed by atoms with Gasteiger partial charge >= 0.3 is 0 Å². The molecule has 5 heteroatoms. The Labute approximate surface area is 165 Å². The lowest BCUT2D eigenvalue weighted by molar-refractivity contribution is -0.0703. The van der Waals surface area contributed by atoms with Gasteiger partial charge in [-0.3, -0.25) is 0 Å². The van der Waals surface area contributed by atoms with Gasteiger partial charge in [0.05, 0.1) is 12.9 Å². The molecule has 0 radical (unpaired) electrons. The minimum absolute atomic E-state index is 0.0533.